The second kappa shape index (κ2) is 8.04. The van der Waals surface area contributed by atoms with E-state index in [9.17, 15) is 14.4 Å². The zero-order valence-corrected chi connectivity index (χ0v) is 16.1. The molecule has 1 amide bonds. The molecule has 7 heteroatoms. The van der Waals surface area contributed by atoms with E-state index in [1.54, 1.807) is 38.2 Å². The van der Waals surface area contributed by atoms with Crippen LogP contribution in [0.5, 0.6) is 0 Å². The largest absolute Gasteiger partial charge is 0.352 e. The predicted molar refractivity (Wildman–Crippen MR) is 107 cm³/mol. The smallest absolute Gasteiger partial charge is 0.340 e. The standard InChI is InChI=1S/C21H22N4O3/c1-4-23(3)19(26)18-20(27)24(14-16-12-10-15(2)11-13-16)21(28)25(22-18)17-8-6-5-7-9-17/h5-13H,4,14H2,1-3H3. The number of aromatic nitrogens is 3. The van der Waals surface area contributed by atoms with Crippen molar-refractivity contribution in [2.75, 3.05) is 13.6 Å². The molecule has 0 aliphatic heterocycles. The Kier molecular flexibility index (Phi) is 5.54. The Morgan fingerprint density at radius 3 is 2.29 bits per heavy atom. The van der Waals surface area contributed by atoms with Gasteiger partial charge in [-0.2, -0.15) is 9.78 Å². The maximum absolute atomic E-state index is 13.0. The van der Waals surface area contributed by atoms with Crippen LogP contribution in [0.2, 0.25) is 0 Å². The van der Waals surface area contributed by atoms with Gasteiger partial charge < -0.3 is 4.90 Å². The van der Waals surface area contributed by atoms with Gasteiger partial charge in [0.15, 0.2) is 0 Å². The van der Waals surface area contributed by atoms with Crippen molar-refractivity contribution in [3.05, 3.63) is 92.3 Å². The lowest BCUT2D eigenvalue weighted by Gasteiger charge is -2.16. The number of rotatable bonds is 5. The maximum atomic E-state index is 13.0. The highest BCUT2D eigenvalue weighted by atomic mass is 16.2. The minimum absolute atomic E-state index is 0.0589. The fourth-order valence-electron chi connectivity index (χ4n) is 2.73. The topological polar surface area (TPSA) is 77.2 Å². The number of hydrogen-bond donors (Lipinski definition) is 0. The van der Waals surface area contributed by atoms with Crippen molar-refractivity contribution in [3.8, 4) is 5.69 Å². The molecule has 0 fully saturated rings. The quantitative estimate of drug-likeness (QED) is 0.679. The van der Waals surface area contributed by atoms with Crippen molar-refractivity contribution in [2.24, 2.45) is 0 Å². The van der Waals surface area contributed by atoms with Crippen LogP contribution in [-0.2, 0) is 6.54 Å². The number of amides is 1. The molecule has 3 rings (SSSR count). The molecule has 7 nitrogen and oxygen atoms in total. The molecule has 0 unspecified atom stereocenters. The molecular weight excluding hydrogens is 356 g/mol. The molecule has 3 aromatic rings. The summed E-state index contributed by atoms with van der Waals surface area (Å²) in [6.07, 6.45) is 0. The van der Waals surface area contributed by atoms with Gasteiger partial charge in [-0.25, -0.2) is 4.79 Å². The van der Waals surface area contributed by atoms with Crippen LogP contribution < -0.4 is 11.2 Å². The van der Waals surface area contributed by atoms with Crippen LogP contribution in [-0.4, -0.2) is 38.7 Å². The van der Waals surface area contributed by atoms with Gasteiger partial charge in [0.1, 0.15) is 0 Å². The lowest BCUT2D eigenvalue weighted by Crippen LogP contribution is -2.46. The summed E-state index contributed by atoms with van der Waals surface area (Å²) in [7, 11) is 1.59. The number of benzene rings is 2. The van der Waals surface area contributed by atoms with E-state index in [0.717, 1.165) is 20.4 Å². The normalized spacial score (nSPS) is 10.7. The molecule has 0 radical (unpaired) electrons. The second-order valence-electron chi connectivity index (χ2n) is 6.57. The van der Waals surface area contributed by atoms with Crippen LogP contribution in [0.15, 0.2) is 64.2 Å². The minimum Gasteiger partial charge on any atom is -0.340 e. The summed E-state index contributed by atoms with van der Waals surface area (Å²) in [5.74, 6) is -0.519. The fraction of sp³-hybridized carbons (Fsp3) is 0.238. The molecule has 1 aromatic heterocycles. The lowest BCUT2D eigenvalue weighted by molar-refractivity contribution is 0.0791. The Hall–Kier alpha value is -3.48. The summed E-state index contributed by atoms with van der Waals surface area (Å²) in [5.41, 5.74) is 0.791. The van der Waals surface area contributed by atoms with E-state index in [1.165, 1.54) is 4.90 Å². The van der Waals surface area contributed by atoms with Crippen LogP contribution in [0.4, 0.5) is 0 Å². The first-order valence-electron chi connectivity index (χ1n) is 9.03. The van der Waals surface area contributed by atoms with Gasteiger partial charge >= 0.3 is 5.69 Å². The van der Waals surface area contributed by atoms with Gasteiger partial charge in [-0.05, 0) is 31.5 Å². The molecule has 2 aromatic carbocycles. The monoisotopic (exact) mass is 378 g/mol. The van der Waals surface area contributed by atoms with Gasteiger partial charge in [-0.15, -0.1) is 0 Å². The highest BCUT2D eigenvalue weighted by Crippen LogP contribution is 2.06. The molecular formula is C21H22N4O3. The van der Waals surface area contributed by atoms with Crippen LogP contribution >= 0.6 is 0 Å². The lowest BCUT2D eigenvalue weighted by atomic mass is 10.1. The van der Waals surface area contributed by atoms with Crippen LogP contribution in [0.1, 0.15) is 28.5 Å². The first kappa shape index (κ1) is 19.3. The Bertz CT molecular complexity index is 1100. The van der Waals surface area contributed by atoms with Crippen LogP contribution in [0.3, 0.4) is 0 Å². The minimum atomic E-state index is -0.692. The number of aryl methyl sites for hydroxylation is 1. The summed E-state index contributed by atoms with van der Waals surface area (Å²) in [6.45, 7) is 4.24. The van der Waals surface area contributed by atoms with E-state index in [-0.39, 0.29) is 12.2 Å². The highest BCUT2D eigenvalue weighted by molar-refractivity contribution is 5.91. The van der Waals surface area contributed by atoms with Gasteiger partial charge in [0.05, 0.1) is 12.2 Å². The number of carbonyl (C=O) groups excluding carboxylic acids is 1. The van der Waals surface area contributed by atoms with Gasteiger partial charge in [-0.3, -0.25) is 14.2 Å². The summed E-state index contributed by atoms with van der Waals surface area (Å²) < 4.78 is 2.16. The first-order chi connectivity index (χ1) is 13.4. The average molecular weight is 378 g/mol. The second-order valence-corrected chi connectivity index (χ2v) is 6.57. The van der Waals surface area contributed by atoms with E-state index >= 15 is 0 Å². The van der Waals surface area contributed by atoms with Crippen molar-refractivity contribution >= 4 is 5.91 Å². The van der Waals surface area contributed by atoms with Crippen molar-refractivity contribution < 1.29 is 4.79 Å². The maximum Gasteiger partial charge on any atom is 0.352 e. The molecule has 0 atom stereocenters. The Morgan fingerprint density at radius 2 is 1.68 bits per heavy atom. The summed E-state index contributed by atoms with van der Waals surface area (Å²) in [6, 6.07) is 16.3. The fourth-order valence-corrected chi connectivity index (χ4v) is 2.73. The van der Waals surface area contributed by atoms with Crippen LogP contribution in [0.25, 0.3) is 5.69 Å². The molecule has 0 saturated carbocycles. The van der Waals surface area contributed by atoms with E-state index in [1.807, 2.05) is 37.3 Å². The van der Waals surface area contributed by atoms with Gasteiger partial charge in [0.25, 0.3) is 11.5 Å². The van der Waals surface area contributed by atoms with E-state index in [2.05, 4.69) is 5.10 Å². The zero-order chi connectivity index (χ0) is 20.3. The van der Waals surface area contributed by atoms with Crippen molar-refractivity contribution in [1.82, 2.24) is 19.2 Å². The van der Waals surface area contributed by atoms with E-state index in [0.29, 0.717) is 12.2 Å². The van der Waals surface area contributed by atoms with Gasteiger partial charge in [0.2, 0.25) is 5.69 Å². The molecule has 144 valence electrons. The Morgan fingerprint density at radius 1 is 1.04 bits per heavy atom. The molecule has 1 heterocycles. The van der Waals surface area contributed by atoms with Crippen molar-refractivity contribution in [3.63, 3.8) is 0 Å². The van der Waals surface area contributed by atoms with Gasteiger partial charge in [0, 0.05) is 13.6 Å². The summed E-state index contributed by atoms with van der Waals surface area (Å²) >= 11 is 0. The van der Waals surface area contributed by atoms with E-state index < -0.39 is 17.2 Å². The number of nitrogens with zero attached hydrogens (tertiary/aromatic N) is 4. The zero-order valence-electron chi connectivity index (χ0n) is 16.1. The molecule has 0 bridgehead atoms. The SMILES string of the molecule is CCN(C)C(=O)c1nn(-c2ccccc2)c(=O)n(Cc2ccc(C)cc2)c1=O. The predicted octanol–water partition coefficient (Wildman–Crippen LogP) is 1.84. The number of carbonyl (C=O) groups is 1. The first-order valence-corrected chi connectivity index (χ1v) is 9.03. The van der Waals surface area contributed by atoms with Crippen molar-refractivity contribution in [1.29, 1.82) is 0 Å². The van der Waals surface area contributed by atoms with E-state index in [4.69, 9.17) is 0 Å². The van der Waals surface area contributed by atoms with Crippen molar-refractivity contribution in [2.45, 2.75) is 20.4 Å². The third kappa shape index (κ3) is 3.78. The average Bonchev–Trinajstić information content (AvgIpc) is 2.72. The number of para-hydroxylation sites is 1. The molecule has 28 heavy (non-hydrogen) atoms. The molecule has 0 aliphatic rings. The molecule has 0 spiro atoms. The van der Waals surface area contributed by atoms with Gasteiger partial charge in [-0.1, -0.05) is 48.0 Å². The highest BCUT2D eigenvalue weighted by Gasteiger charge is 2.22. The Balaban J connectivity index is 2.22. The van der Waals surface area contributed by atoms with Crippen LogP contribution in [0, 0.1) is 6.92 Å². The molecule has 0 aliphatic carbocycles. The molecule has 0 saturated heterocycles. The number of hydrogen-bond acceptors (Lipinski definition) is 4. The summed E-state index contributed by atoms with van der Waals surface area (Å²) in [5, 5.41) is 4.11. The third-order valence-electron chi connectivity index (χ3n) is 4.55. The Labute approximate surface area is 162 Å². The summed E-state index contributed by atoms with van der Waals surface area (Å²) in [4.78, 5) is 40.0. The third-order valence-corrected chi connectivity index (χ3v) is 4.55. The molecule has 0 N–H and O–H groups in total.